The van der Waals surface area contributed by atoms with Gasteiger partial charge in [0.05, 0.1) is 4.90 Å². The van der Waals surface area contributed by atoms with Crippen LogP contribution >= 0.6 is 0 Å². The highest BCUT2D eigenvalue weighted by Gasteiger charge is 2.30. The molecular weight excluding hydrogens is 384 g/mol. The molecule has 2 aromatic rings. The summed E-state index contributed by atoms with van der Waals surface area (Å²) in [6, 6.07) is 7.33. The third-order valence-electron chi connectivity index (χ3n) is 6.43. The second-order valence-corrected chi connectivity index (χ2v) is 10.5. The first kappa shape index (κ1) is 20.1. The van der Waals surface area contributed by atoms with Crippen LogP contribution in [0.5, 0.6) is 0 Å². The van der Waals surface area contributed by atoms with E-state index in [0.717, 1.165) is 55.2 Å². The first-order chi connectivity index (χ1) is 13.9. The van der Waals surface area contributed by atoms with E-state index in [4.69, 9.17) is 0 Å². The lowest BCUT2D eigenvalue weighted by Gasteiger charge is -2.40. The second kappa shape index (κ2) is 8.30. The van der Waals surface area contributed by atoms with E-state index in [2.05, 4.69) is 19.8 Å². The summed E-state index contributed by atoms with van der Waals surface area (Å²) in [7, 11) is -3.13. The highest BCUT2D eigenvalue weighted by Crippen LogP contribution is 2.34. The van der Waals surface area contributed by atoms with Gasteiger partial charge in [0.2, 0.25) is 5.95 Å². The fraction of sp³-hybridized carbons (Fsp3) is 0.545. The van der Waals surface area contributed by atoms with Crippen LogP contribution in [0.4, 0.5) is 11.6 Å². The lowest BCUT2D eigenvalue weighted by atomic mass is 9.79. The molecule has 0 unspecified atom stereocenters. The van der Waals surface area contributed by atoms with Crippen LogP contribution in [0.15, 0.2) is 41.6 Å². The minimum Gasteiger partial charge on any atom is -0.372 e. The Morgan fingerprint density at radius 2 is 1.31 bits per heavy atom. The van der Waals surface area contributed by atoms with Gasteiger partial charge < -0.3 is 9.80 Å². The van der Waals surface area contributed by atoms with Crippen LogP contribution in [0.25, 0.3) is 0 Å². The smallest absolute Gasteiger partial charge is 0.225 e. The molecule has 0 N–H and O–H groups in total. The van der Waals surface area contributed by atoms with Crippen molar-refractivity contribution in [3.05, 3.63) is 42.2 Å². The van der Waals surface area contributed by atoms with Gasteiger partial charge in [-0.05, 0) is 74.3 Å². The predicted octanol–water partition coefficient (Wildman–Crippen LogP) is 3.32. The van der Waals surface area contributed by atoms with Crippen molar-refractivity contribution in [2.75, 3.05) is 42.2 Å². The SMILES string of the molecule is Cc1cnc(N2CCC(C3CCN(c4ccc(S(C)(=O)=O)cc4)CC3)CC2)nc1. The zero-order valence-electron chi connectivity index (χ0n) is 17.3. The summed E-state index contributed by atoms with van der Waals surface area (Å²) in [5.41, 5.74) is 2.23. The molecule has 0 aliphatic carbocycles. The minimum atomic E-state index is -3.13. The van der Waals surface area contributed by atoms with E-state index < -0.39 is 9.84 Å². The molecule has 0 bridgehead atoms. The van der Waals surface area contributed by atoms with Crippen LogP contribution in [0.3, 0.4) is 0 Å². The minimum absolute atomic E-state index is 0.389. The van der Waals surface area contributed by atoms with Crippen molar-refractivity contribution in [1.82, 2.24) is 9.97 Å². The largest absolute Gasteiger partial charge is 0.372 e. The summed E-state index contributed by atoms with van der Waals surface area (Å²) in [6.07, 6.45) is 9.89. The quantitative estimate of drug-likeness (QED) is 0.765. The highest BCUT2D eigenvalue weighted by molar-refractivity contribution is 7.90. The first-order valence-electron chi connectivity index (χ1n) is 10.5. The Morgan fingerprint density at radius 3 is 1.79 bits per heavy atom. The van der Waals surface area contributed by atoms with Crippen LogP contribution in [0.2, 0.25) is 0 Å². The van der Waals surface area contributed by atoms with Crippen molar-refractivity contribution < 1.29 is 8.42 Å². The molecule has 0 radical (unpaired) electrons. The molecule has 2 aliphatic rings. The van der Waals surface area contributed by atoms with Crippen molar-refractivity contribution in [3.63, 3.8) is 0 Å². The fourth-order valence-corrected chi connectivity index (χ4v) is 5.28. The Labute approximate surface area is 173 Å². The van der Waals surface area contributed by atoms with Crippen LogP contribution in [0, 0.1) is 18.8 Å². The molecule has 29 heavy (non-hydrogen) atoms. The molecule has 3 heterocycles. The van der Waals surface area contributed by atoms with Crippen molar-refractivity contribution in [2.24, 2.45) is 11.8 Å². The van der Waals surface area contributed by atoms with Gasteiger partial charge in [0, 0.05) is 50.5 Å². The average molecular weight is 415 g/mol. The molecule has 1 aromatic heterocycles. The molecule has 1 aromatic carbocycles. The molecule has 156 valence electrons. The fourth-order valence-electron chi connectivity index (χ4n) is 4.65. The summed E-state index contributed by atoms with van der Waals surface area (Å²) in [4.78, 5) is 14.0. The van der Waals surface area contributed by atoms with Gasteiger partial charge in [-0.1, -0.05) is 0 Å². The van der Waals surface area contributed by atoms with E-state index in [9.17, 15) is 8.42 Å². The Hall–Kier alpha value is -2.15. The summed E-state index contributed by atoms with van der Waals surface area (Å²) in [5.74, 6) is 2.43. The number of hydrogen-bond acceptors (Lipinski definition) is 6. The number of nitrogens with zero attached hydrogens (tertiary/aromatic N) is 4. The van der Waals surface area contributed by atoms with Crippen molar-refractivity contribution in [3.8, 4) is 0 Å². The zero-order valence-corrected chi connectivity index (χ0v) is 18.1. The van der Waals surface area contributed by atoms with Crippen LogP contribution in [0.1, 0.15) is 31.2 Å². The summed E-state index contributed by atoms with van der Waals surface area (Å²) < 4.78 is 23.3. The normalized spacial score (nSPS) is 19.5. The number of sulfone groups is 1. The van der Waals surface area contributed by atoms with Crippen molar-refractivity contribution >= 4 is 21.5 Å². The first-order valence-corrected chi connectivity index (χ1v) is 12.4. The number of piperidine rings is 2. The zero-order chi connectivity index (χ0) is 20.4. The summed E-state index contributed by atoms with van der Waals surface area (Å²) >= 11 is 0. The van der Waals surface area contributed by atoms with Gasteiger partial charge in [0.15, 0.2) is 9.84 Å². The van der Waals surface area contributed by atoms with Crippen molar-refractivity contribution in [2.45, 2.75) is 37.5 Å². The highest BCUT2D eigenvalue weighted by atomic mass is 32.2. The lowest BCUT2D eigenvalue weighted by molar-refractivity contribution is 0.232. The van der Waals surface area contributed by atoms with Gasteiger partial charge in [-0.25, -0.2) is 18.4 Å². The van der Waals surface area contributed by atoms with Gasteiger partial charge in [-0.2, -0.15) is 0 Å². The molecule has 0 saturated carbocycles. The molecule has 0 atom stereocenters. The Kier molecular flexibility index (Phi) is 5.76. The standard InChI is InChI=1S/C22H30N4O2S/c1-17-15-23-22(24-16-17)26-13-9-19(10-14-26)18-7-11-25(12-8-18)20-3-5-21(6-4-20)29(2,27)28/h3-6,15-16,18-19H,7-14H2,1-2H3. The van der Waals surface area contributed by atoms with E-state index in [1.165, 1.54) is 31.9 Å². The average Bonchev–Trinajstić information content (AvgIpc) is 2.74. The Morgan fingerprint density at radius 1 is 0.828 bits per heavy atom. The van der Waals surface area contributed by atoms with E-state index in [0.29, 0.717) is 4.90 Å². The van der Waals surface area contributed by atoms with Gasteiger partial charge in [-0.15, -0.1) is 0 Å². The summed E-state index contributed by atoms with van der Waals surface area (Å²) in [6.45, 7) is 6.19. The van der Waals surface area contributed by atoms with E-state index in [1.807, 2.05) is 31.5 Å². The lowest BCUT2D eigenvalue weighted by Crippen LogP contribution is -2.41. The van der Waals surface area contributed by atoms with Gasteiger partial charge in [0.1, 0.15) is 0 Å². The number of aromatic nitrogens is 2. The van der Waals surface area contributed by atoms with Crippen molar-refractivity contribution in [1.29, 1.82) is 0 Å². The maximum atomic E-state index is 11.6. The number of rotatable bonds is 4. The maximum absolute atomic E-state index is 11.6. The Bertz CT molecular complexity index is 912. The molecule has 2 aliphatic heterocycles. The third-order valence-corrected chi connectivity index (χ3v) is 7.55. The second-order valence-electron chi connectivity index (χ2n) is 8.48. The third kappa shape index (κ3) is 4.71. The molecular formula is C22H30N4O2S. The monoisotopic (exact) mass is 414 g/mol. The van der Waals surface area contributed by atoms with Crippen LogP contribution in [-0.4, -0.2) is 50.8 Å². The predicted molar refractivity (Wildman–Crippen MR) is 116 cm³/mol. The molecule has 0 amide bonds. The number of anilines is 2. The molecule has 2 saturated heterocycles. The summed E-state index contributed by atoms with van der Waals surface area (Å²) in [5, 5.41) is 0. The maximum Gasteiger partial charge on any atom is 0.225 e. The number of hydrogen-bond donors (Lipinski definition) is 0. The Balaban J connectivity index is 1.28. The van der Waals surface area contributed by atoms with Crippen LogP contribution in [-0.2, 0) is 9.84 Å². The van der Waals surface area contributed by atoms with Gasteiger partial charge >= 0.3 is 0 Å². The van der Waals surface area contributed by atoms with Gasteiger partial charge in [-0.3, -0.25) is 0 Å². The van der Waals surface area contributed by atoms with E-state index in [1.54, 1.807) is 12.1 Å². The van der Waals surface area contributed by atoms with E-state index in [-0.39, 0.29) is 0 Å². The molecule has 0 spiro atoms. The number of benzene rings is 1. The number of aryl methyl sites for hydroxylation is 1. The van der Waals surface area contributed by atoms with E-state index >= 15 is 0 Å². The van der Waals surface area contributed by atoms with Gasteiger partial charge in [0.25, 0.3) is 0 Å². The van der Waals surface area contributed by atoms with Crippen LogP contribution < -0.4 is 9.80 Å². The molecule has 6 nitrogen and oxygen atoms in total. The molecule has 7 heteroatoms. The molecule has 4 rings (SSSR count). The topological polar surface area (TPSA) is 66.4 Å². The molecule has 2 fully saturated rings.